The van der Waals surface area contributed by atoms with Crippen LogP contribution in [0.3, 0.4) is 0 Å². The van der Waals surface area contributed by atoms with Gasteiger partial charge in [0.2, 0.25) is 5.91 Å². The van der Waals surface area contributed by atoms with E-state index in [0.717, 1.165) is 12.0 Å². The fourth-order valence-electron chi connectivity index (χ4n) is 3.02. The van der Waals surface area contributed by atoms with Crippen LogP contribution >= 0.6 is 0 Å². The first-order chi connectivity index (χ1) is 10.0. The average molecular weight is 287 g/mol. The molecule has 1 amide bonds. The molecule has 3 nitrogen and oxygen atoms in total. The van der Waals surface area contributed by atoms with Crippen LogP contribution in [0.4, 0.5) is 0 Å². The maximum absolute atomic E-state index is 13.0. The molecule has 0 aromatic heterocycles. The van der Waals surface area contributed by atoms with Crippen molar-refractivity contribution in [3.8, 4) is 0 Å². The van der Waals surface area contributed by atoms with Gasteiger partial charge in [-0.15, -0.1) is 0 Å². The Morgan fingerprint density at radius 2 is 2.00 bits per heavy atom. The fourth-order valence-corrected chi connectivity index (χ4v) is 3.02. The summed E-state index contributed by atoms with van der Waals surface area (Å²) in [6, 6.07) is 10.0. The third kappa shape index (κ3) is 3.52. The molecule has 1 aromatic rings. The summed E-state index contributed by atoms with van der Waals surface area (Å²) < 4.78 is 0. The second kappa shape index (κ2) is 6.88. The molecule has 3 atom stereocenters. The van der Waals surface area contributed by atoms with Crippen LogP contribution in [0.5, 0.6) is 0 Å². The maximum atomic E-state index is 13.0. The molecule has 1 aliphatic heterocycles. The molecule has 1 saturated heterocycles. The Hall–Kier alpha value is -1.64. The molecule has 0 bridgehead atoms. The van der Waals surface area contributed by atoms with Gasteiger partial charge in [-0.25, -0.2) is 0 Å². The first-order valence-corrected chi connectivity index (χ1v) is 7.91. The molecule has 1 aliphatic rings. The average Bonchev–Trinajstić information content (AvgIpc) is 2.51. The van der Waals surface area contributed by atoms with Gasteiger partial charge in [0.1, 0.15) is 5.78 Å². The SMILES string of the molecule is CCC(C)C(C(=O)N1CCC(=O)C(C)C1)c1ccccc1. The second-order valence-corrected chi connectivity index (χ2v) is 6.18. The summed E-state index contributed by atoms with van der Waals surface area (Å²) in [5.41, 5.74) is 1.08. The highest BCUT2D eigenvalue weighted by atomic mass is 16.2. The van der Waals surface area contributed by atoms with E-state index < -0.39 is 0 Å². The lowest BCUT2D eigenvalue weighted by atomic mass is 9.83. The summed E-state index contributed by atoms with van der Waals surface area (Å²) in [5.74, 6) is 0.620. The largest absolute Gasteiger partial charge is 0.341 e. The third-order valence-electron chi connectivity index (χ3n) is 4.62. The number of piperidine rings is 1. The Kier molecular flexibility index (Phi) is 5.16. The third-order valence-corrected chi connectivity index (χ3v) is 4.62. The van der Waals surface area contributed by atoms with Crippen molar-refractivity contribution in [2.24, 2.45) is 11.8 Å². The van der Waals surface area contributed by atoms with Crippen molar-refractivity contribution in [2.75, 3.05) is 13.1 Å². The van der Waals surface area contributed by atoms with Crippen LogP contribution in [0, 0.1) is 11.8 Å². The standard InChI is InChI=1S/C18H25NO2/c1-4-13(2)17(15-8-6-5-7-9-15)18(21)19-11-10-16(20)14(3)12-19/h5-9,13-14,17H,4,10-12H2,1-3H3. The van der Waals surface area contributed by atoms with Gasteiger partial charge in [0.05, 0.1) is 5.92 Å². The molecule has 0 spiro atoms. The van der Waals surface area contributed by atoms with Gasteiger partial charge in [-0.1, -0.05) is 57.5 Å². The van der Waals surface area contributed by atoms with E-state index in [9.17, 15) is 9.59 Å². The highest BCUT2D eigenvalue weighted by molar-refractivity contribution is 5.88. The van der Waals surface area contributed by atoms with Crippen LogP contribution in [0.1, 0.15) is 45.1 Å². The Morgan fingerprint density at radius 1 is 1.33 bits per heavy atom. The van der Waals surface area contributed by atoms with E-state index in [-0.39, 0.29) is 23.5 Å². The van der Waals surface area contributed by atoms with Crippen molar-refractivity contribution in [3.63, 3.8) is 0 Å². The maximum Gasteiger partial charge on any atom is 0.230 e. The minimum absolute atomic E-state index is 0.0314. The Bertz CT molecular complexity index is 497. The van der Waals surface area contributed by atoms with E-state index in [2.05, 4.69) is 13.8 Å². The number of carbonyl (C=O) groups excluding carboxylic acids is 2. The summed E-state index contributed by atoms with van der Waals surface area (Å²) in [7, 11) is 0. The lowest BCUT2D eigenvalue weighted by Crippen LogP contribution is -2.46. The zero-order chi connectivity index (χ0) is 15.4. The summed E-state index contributed by atoms with van der Waals surface area (Å²) in [6.07, 6.45) is 1.46. The molecular formula is C18H25NO2. The summed E-state index contributed by atoms with van der Waals surface area (Å²) in [5, 5.41) is 0. The lowest BCUT2D eigenvalue weighted by Gasteiger charge is -2.34. The van der Waals surface area contributed by atoms with Crippen molar-refractivity contribution >= 4 is 11.7 Å². The molecule has 1 aromatic carbocycles. The topological polar surface area (TPSA) is 37.4 Å². The number of carbonyl (C=O) groups is 2. The Morgan fingerprint density at radius 3 is 2.57 bits per heavy atom. The normalized spacial score (nSPS) is 22.0. The van der Waals surface area contributed by atoms with Gasteiger partial charge in [-0.3, -0.25) is 9.59 Å². The molecule has 2 rings (SSSR count). The second-order valence-electron chi connectivity index (χ2n) is 6.18. The molecule has 114 valence electrons. The number of likely N-dealkylation sites (tertiary alicyclic amines) is 1. The van der Waals surface area contributed by atoms with Gasteiger partial charge >= 0.3 is 0 Å². The van der Waals surface area contributed by atoms with Crippen molar-refractivity contribution in [3.05, 3.63) is 35.9 Å². The fraction of sp³-hybridized carbons (Fsp3) is 0.556. The number of ketones is 1. The van der Waals surface area contributed by atoms with Crippen LogP contribution in [0.25, 0.3) is 0 Å². The summed E-state index contributed by atoms with van der Waals surface area (Å²) >= 11 is 0. The van der Waals surface area contributed by atoms with Crippen LogP contribution in [-0.2, 0) is 9.59 Å². The Labute approximate surface area is 127 Å². The number of hydrogen-bond acceptors (Lipinski definition) is 2. The highest BCUT2D eigenvalue weighted by Gasteiger charge is 2.33. The number of amides is 1. The predicted octanol–water partition coefficient (Wildman–Crippen LogP) is 3.25. The van der Waals surface area contributed by atoms with Gasteiger partial charge in [-0.2, -0.15) is 0 Å². The monoisotopic (exact) mass is 287 g/mol. The predicted molar refractivity (Wildman–Crippen MR) is 84.0 cm³/mol. The zero-order valence-electron chi connectivity index (χ0n) is 13.2. The van der Waals surface area contributed by atoms with Crippen molar-refractivity contribution in [2.45, 2.75) is 39.5 Å². The number of hydrogen-bond donors (Lipinski definition) is 0. The molecule has 1 heterocycles. The van der Waals surface area contributed by atoms with Gasteiger partial charge < -0.3 is 4.90 Å². The lowest BCUT2D eigenvalue weighted by molar-refractivity contribution is -0.139. The number of rotatable bonds is 4. The van der Waals surface area contributed by atoms with Gasteiger partial charge in [0, 0.05) is 25.4 Å². The molecule has 0 radical (unpaired) electrons. The highest BCUT2D eigenvalue weighted by Crippen LogP contribution is 2.30. The number of Topliss-reactive ketones (excluding diaryl/α,β-unsaturated/α-hetero) is 1. The molecular weight excluding hydrogens is 262 g/mol. The van der Waals surface area contributed by atoms with Crippen LogP contribution < -0.4 is 0 Å². The number of nitrogens with zero attached hydrogens (tertiary/aromatic N) is 1. The molecule has 1 fully saturated rings. The molecule has 0 N–H and O–H groups in total. The van der Waals surface area contributed by atoms with Gasteiger partial charge in [-0.05, 0) is 11.5 Å². The van der Waals surface area contributed by atoms with Gasteiger partial charge in [0.25, 0.3) is 0 Å². The minimum Gasteiger partial charge on any atom is -0.341 e. The van der Waals surface area contributed by atoms with E-state index in [0.29, 0.717) is 25.4 Å². The minimum atomic E-state index is -0.100. The molecule has 0 saturated carbocycles. The van der Waals surface area contributed by atoms with Crippen LogP contribution in [-0.4, -0.2) is 29.7 Å². The van der Waals surface area contributed by atoms with Crippen LogP contribution in [0.2, 0.25) is 0 Å². The number of benzene rings is 1. The molecule has 3 unspecified atom stereocenters. The van der Waals surface area contributed by atoms with E-state index in [4.69, 9.17) is 0 Å². The van der Waals surface area contributed by atoms with E-state index in [1.54, 1.807) is 0 Å². The van der Waals surface area contributed by atoms with Crippen molar-refractivity contribution in [1.82, 2.24) is 4.90 Å². The van der Waals surface area contributed by atoms with Crippen molar-refractivity contribution in [1.29, 1.82) is 0 Å². The molecule has 0 aliphatic carbocycles. The smallest absolute Gasteiger partial charge is 0.230 e. The van der Waals surface area contributed by atoms with Gasteiger partial charge in [0.15, 0.2) is 0 Å². The summed E-state index contributed by atoms with van der Waals surface area (Å²) in [4.78, 5) is 26.5. The van der Waals surface area contributed by atoms with E-state index in [1.165, 1.54) is 0 Å². The molecule has 3 heteroatoms. The van der Waals surface area contributed by atoms with E-state index in [1.807, 2.05) is 42.2 Å². The van der Waals surface area contributed by atoms with Crippen LogP contribution in [0.15, 0.2) is 30.3 Å². The first-order valence-electron chi connectivity index (χ1n) is 7.91. The molecule has 21 heavy (non-hydrogen) atoms. The summed E-state index contributed by atoms with van der Waals surface area (Å²) in [6.45, 7) is 7.31. The first kappa shape index (κ1) is 15.7. The quantitative estimate of drug-likeness (QED) is 0.852. The zero-order valence-corrected chi connectivity index (χ0v) is 13.2. The Balaban J connectivity index is 2.21. The van der Waals surface area contributed by atoms with Crippen molar-refractivity contribution < 1.29 is 9.59 Å². The van der Waals surface area contributed by atoms with E-state index >= 15 is 0 Å².